The molecular weight excluding hydrogens is 412 g/mol. The molecule has 33 heavy (non-hydrogen) atoms. The van der Waals surface area contributed by atoms with Crippen LogP contribution in [0.3, 0.4) is 0 Å². The first kappa shape index (κ1) is 21.7. The molecule has 2 aromatic rings. The Labute approximate surface area is 202 Å². The van der Waals surface area contributed by atoms with Crippen LogP contribution in [0.1, 0.15) is 74.6 Å². The van der Waals surface area contributed by atoms with Crippen molar-refractivity contribution in [3.63, 3.8) is 0 Å². The van der Waals surface area contributed by atoms with Crippen molar-refractivity contribution in [3.8, 4) is 0 Å². The van der Waals surface area contributed by atoms with Gasteiger partial charge in [0, 0.05) is 0 Å². The zero-order valence-electron chi connectivity index (χ0n) is 20.9. The van der Waals surface area contributed by atoms with Crippen molar-refractivity contribution in [2.75, 3.05) is 0 Å². The monoisotopic (exact) mass is 452 g/mol. The van der Waals surface area contributed by atoms with Gasteiger partial charge in [0.2, 0.25) is 0 Å². The first-order valence-electron chi connectivity index (χ1n) is 13.6. The topological polar surface area (TPSA) is 0 Å². The fourth-order valence-corrected chi connectivity index (χ4v) is 17.2. The van der Waals surface area contributed by atoms with Gasteiger partial charge in [-0.15, -0.1) is 0 Å². The predicted octanol–water partition coefficient (Wildman–Crippen LogP) is 9.15. The lowest BCUT2D eigenvalue weighted by Crippen LogP contribution is -2.49. The molecule has 2 aromatic carbocycles. The Kier molecular flexibility index (Phi) is 5.33. The van der Waals surface area contributed by atoms with E-state index in [1.807, 2.05) is 0 Å². The van der Waals surface area contributed by atoms with E-state index in [2.05, 4.69) is 101 Å². The molecule has 0 spiro atoms. The van der Waals surface area contributed by atoms with Gasteiger partial charge in [-0.25, -0.2) is 0 Å². The Hall–Kier alpha value is -1.86. The minimum atomic E-state index is -1.56. The maximum atomic E-state index is 2.66. The Bertz CT molecular complexity index is 1010. The largest absolute Gasteiger partial charge is 0.0802 e. The molecule has 4 aliphatic carbocycles. The summed E-state index contributed by atoms with van der Waals surface area (Å²) in [6.45, 7) is 10.4. The molecule has 0 bridgehead atoms. The third-order valence-electron chi connectivity index (χ3n) is 10.7. The van der Waals surface area contributed by atoms with Gasteiger partial charge >= 0.3 is 0 Å². The number of hydrogen-bond donors (Lipinski definition) is 0. The van der Waals surface area contributed by atoms with E-state index in [-0.39, 0.29) is 0 Å². The summed E-state index contributed by atoms with van der Waals surface area (Å²) in [4.78, 5) is 0. The zero-order chi connectivity index (χ0) is 22.7. The van der Waals surface area contributed by atoms with Crippen LogP contribution in [0.4, 0.5) is 0 Å². The summed E-state index contributed by atoms with van der Waals surface area (Å²) in [6.07, 6.45) is 13.1. The summed E-state index contributed by atoms with van der Waals surface area (Å²) < 4.78 is 0. The van der Waals surface area contributed by atoms with Crippen LogP contribution in [0, 0.1) is 23.7 Å². The van der Waals surface area contributed by atoms with Gasteiger partial charge in [-0.3, -0.25) is 0 Å². The van der Waals surface area contributed by atoms with Gasteiger partial charge in [-0.2, -0.15) is 0 Å². The minimum Gasteiger partial charge on any atom is -0.0802 e. The highest BCUT2D eigenvalue weighted by Crippen LogP contribution is 2.67. The third-order valence-corrected chi connectivity index (χ3v) is 17.9. The molecule has 8 unspecified atom stereocenters. The van der Waals surface area contributed by atoms with Crippen LogP contribution in [-0.2, 0) is 0 Å². The van der Waals surface area contributed by atoms with Crippen molar-refractivity contribution in [2.24, 2.45) is 23.7 Å². The molecular formula is C32H40Si. The maximum absolute atomic E-state index is 2.66. The lowest BCUT2D eigenvalue weighted by molar-refractivity contribution is 0.489. The highest BCUT2D eigenvalue weighted by molar-refractivity contribution is 6.83. The summed E-state index contributed by atoms with van der Waals surface area (Å²) in [6, 6.07) is 21.4. The summed E-state index contributed by atoms with van der Waals surface area (Å²) >= 11 is 0. The molecule has 1 heteroatoms. The SMILES string of the molecule is CC[Si](CC)(C1C(C)CC2c3ccccc3C=CC21)C1C(C)CC2c3ccccc3C=CC21. The average Bonchev–Trinajstić information content (AvgIpc) is 3.38. The molecule has 2 fully saturated rings. The molecule has 0 saturated heterocycles. The van der Waals surface area contributed by atoms with Gasteiger partial charge in [0.05, 0.1) is 8.07 Å². The minimum absolute atomic E-state index is 0.742. The van der Waals surface area contributed by atoms with Crippen LogP contribution in [0.5, 0.6) is 0 Å². The van der Waals surface area contributed by atoms with Crippen LogP contribution in [0.25, 0.3) is 12.2 Å². The fourth-order valence-electron chi connectivity index (χ4n) is 9.59. The van der Waals surface area contributed by atoms with Crippen molar-refractivity contribution in [2.45, 2.75) is 75.5 Å². The van der Waals surface area contributed by atoms with Crippen molar-refractivity contribution in [1.29, 1.82) is 0 Å². The Morgan fingerprint density at radius 3 is 1.52 bits per heavy atom. The quantitative estimate of drug-likeness (QED) is 0.406. The molecule has 8 atom stereocenters. The summed E-state index contributed by atoms with van der Waals surface area (Å²) in [5.74, 6) is 4.68. The van der Waals surface area contributed by atoms with Gasteiger partial charge in [0.1, 0.15) is 0 Å². The Morgan fingerprint density at radius 2 is 1.09 bits per heavy atom. The Morgan fingerprint density at radius 1 is 0.667 bits per heavy atom. The smallest absolute Gasteiger partial charge is 0.0609 e. The normalized spacial score (nSPS) is 36.2. The molecule has 0 nitrogen and oxygen atoms in total. The second-order valence-corrected chi connectivity index (χ2v) is 17.0. The standard InChI is InChI=1S/C32H40Si/c1-5-33(6-2,31-21(3)19-29-25-13-9-7-11-23(25)15-17-27(29)31)32-22(4)20-30-26-14-10-8-12-24(26)16-18-28(30)32/h7-18,21-22,27-32H,5-6,19-20H2,1-4H3. The molecule has 172 valence electrons. The van der Waals surface area contributed by atoms with E-state index in [1.165, 1.54) is 36.1 Å². The average molecular weight is 453 g/mol. The second-order valence-electron chi connectivity index (χ2n) is 11.8. The number of benzene rings is 2. The van der Waals surface area contributed by atoms with Gasteiger partial charge in [-0.1, -0.05) is 113 Å². The van der Waals surface area contributed by atoms with E-state index in [9.17, 15) is 0 Å². The van der Waals surface area contributed by atoms with E-state index in [0.29, 0.717) is 0 Å². The molecule has 0 aliphatic heterocycles. The van der Waals surface area contributed by atoms with Crippen LogP contribution < -0.4 is 0 Å². The van der Waals surface area contributed by atoms with Crippen LogP contribution in [0.15, 0.2) is 60.7 Å². The lowest BCUT2D eigenvalue weighted by Gasteiger charge is -2.50. The molecule has 0 aromatic heterocycles. The molecule has 0 N–H and O–H groups in total. The van der Waals surface area contributed by atoms with E-state index in [1.54, 1.807) is 11.1 Å². The molecule has 2 saturated carbocycles. The summed E-state index contributed by atoms with van der Waals surface area (Å²) in [5, 5.41) is 0. The highest BCUT2D eigenvalue weighted by Gasteiger charge is 2.60. The molecule has 6 rings (SSSR count). The van der Waals surface area contributed by atoms with Gasteiger partial charge in [-0.05, 0) is 81.7 Å². The van der Waals surface area contributed by atoms with E-state index in [4.69, 9.17) is 0 Å². The summed E-state index contributed by atoms with van der Waals surface area (Å²) in [7, 11) is -1.56. The molecule has 0 amide bonds. The second kappa shape index (κ2) is 8.12. The zero-order valence-corrected chi connectivity index (χ0v) is 21.9. The number of fused-ring (bicyclic) bond motifs is 6. The molecule has 4 aliphatic rings. The van der Waals surface area contributed by atoms with E-state index in [0.717, 1.165) is 46.6 Å². The van der Waals surface area contributed by atoms with E-state index >= 15 is 0 Å². The van der Waals surface area contributed by atoms with Crippen molar-refractivity contribution in [3.05, 3.63) is 82.9 Å². The number of hydrogen-bond acceptors (Lipinski definition) is 0. The summed E-state index contributed by atoms with van der Waals surface area (Å²) in [5.41, 5.74) is 8.07. The van der Waals surface area contributed by atoms with Crippen molar-refractivity contribution in [1.82, 2.24) is 0 Å². The van der Waals surface area contributed by atoms with Gasteiger partial charge < -0.3 is 0 Å². The molecule has 0 radical (unpaired) electrons. The number of allylic oxidation sites excluding steroid dienone is 2. The van der Waals surface area contributed by atoms with Crippen molar-refractivity contribution < 1.29 is 0 Å². The first-order chi connectivity index (χ1) is 16.1. The van der Waals surface area contributed by atoms with Gasteiger partial charge in [0.15, 0.2) is 0 Å². The fraction of sp³-hybridized carbons (Fsp3) is 0.500. The van der Waals surface area contributed by atoms with E-state index < -0.39 is 8.07 Å². The highest BCUT2D eigenvalue weighted by atomic mass is 28.3. The number of rotatable bonds is 4. The maximum Gasteiger partial charge on any atom is 0.0609 e. The van der Waals surface area contributed by atoms with Crippen molar-refractivity contribution >= 4 is 20.2 Å². The lowest BCUT2D eigenvalue weighted by atomic mass is 9.81. The molecule has 0 heterocycles. The predicted molar refractivity (Wildman–Crippen MR) is 145 cm³/mol. The van der Waals surface area contributed by atoms with Crippen LogP contribution >= 0.6 is 0 Å². The van der Waals surface area contributed by atoms with Crippen LogP contribution in [0.2, 0.25) is 23.2 Å². The Balaban J connectivity index is 1.42. The van der Waals surface area contributed by atoms with Gasteiger partial charge in [0.25, 0.3) is 0 Å². The third kappa shape index (κ3) is 3.07. The van der Waals surface area contributed by atoms with Crippen LogP contribution in [-0.4, -0.2) is 8.07 Å². The first-order valence-corrected chi connectivity index (χ1v) is 16.2.